The number of hydrogen-bond donors (Lipinski definition) is 4. The zero-order chi connectivity index (χ0) is 9.12. The topological polar surface area (TPSA) is 133 Å². The van der Waals surface area contributed by atoms with Crippen LogP contribution in [0.2, 0.25) is 0 Å². The maximum atomic E-state index is 10.3. The van der Waals surface area contributed by atoms with E-state index in [-0.39, 0.29) is 0 Å². The van der Waals surface area contributed by atoms with Crippen LogP contribution in [0, 0.1) is 0 Å². The Bertz CT molecular complexity index is 275. The third kappa shape index (κ3) is 5.95. The standard InChI is InChI=1S/CH4N2O6PS/c4-1-2-11(8,9)3-10(5,6)7/h(H,2,4)(H3,3,5,6,7). The van der Waals surface area contributed by atoms with Gasteiger partial charge in [0.2, 0.25) is 0 Å². The Kier molecular flexibility index (Phi) is 3.14. The van der Waals surface area contributed by atoms with Gasteiger partial charge in [-0.2, -0.15) is 8.42 Å². The van der Waals surface area contributed by atoms with Crippen LogP contribution >= 0.6 is 7.75 Å². The molecule has 0 aromatic carbocycles. The van der Waals surface area contributed by atoms with Gasteiger partial charge in [0.05, 0.1) is 0 Å². The fourth-order valence-electron chi connectivity index (χ4n) is 0.234. The van der Waals surface area contributed by atoms with Gasteiger partial charge in [-0.05, 0) is 0 Å². The average Bonchev–Trinajstić information content (AvgIpc) is 1.55. The quantitative estimate of drug-likeness (QED) is 0.296. The van der Waals surface area contributed by atoms with E-state index in [2.05, 4.69) is 0 Å². The monoisotopic (exact) mass is 203 g/mol. The van der Waals surface area contributed by atoms with Crippen LogP contribution in [0.4, 0.5) is 0 Å². The first-order chi connectivity index (χ1) is 4.77. The van der Waals surface area contributed by atoms with E-state index in [0.29, 0.717) is 0 Å². The molecule has 1 radical (unpaired) electrons. The van der Waals surface area contributed by atoms with Crippen molar-refractivity contribution in [1.82, 2.24) is 9.21 Å². The van der Waals surface area contributed by atoms with Crippen molar-refractivity contribution in [3.8, 4) is 0 Å². The Balaban J connectivity index is 4.39. The highest BCUT2D eigenvalue weighted by atomic mass is 32.2. The second-order valence-electron chi connectivity index (χ2n) is 1.34. The summed E-state index contributed by atoms with van der Waals surface area (Å²) in [5.41, 5.74) is 0. The van der Waals surface area contributed by atoms with E-state index in [1.807, 2.05) is 0 Å². The fourth-order valence-corrected chi connectivity index (χ4v) is 1.78. The van der Waals surface area contributed by atoms with Crippen molar-refractivity contribution in [3.63, 3.8) is 0 Å². The highest BCUT2D eigenvalue weighted by Gasteiger charge is 2.22. The number of nitrogens with one attached hydrogen (secondary N) is 2. The molecule has 0 aliphatic heterocycles. The Morgan fingerprint density at radius 2 is 1.82 bits per heavy atom. The molecule has 0 heterocycles. The van der Waals surface area contributed by atoms with Crippen molar-refractivity contribution < 1.29 is 27.6 Å². The molecule has 8 nitrogen and oxygen atoms in total. The molecule has 0 fully saturated rings. The Morgan fingerprint density at radius 3 is 2.09 bits per heavy atom. The van der Waals surface area contributed by atoms with E-state index in [9.17, 15) is 17.8 Å². The highest BCUT2D eigenvalue weighted by Crippen LogP contribution is 2.28. The van der Waals surface area contributed by atoms with Crippen LogP contribution in [-0.4, -0.2) is 24.6 Å². The fraction of sp³-hybridized carbons (Fsp3) is 0. The van der Waals surface area contributed by atoms with Gasteiger partial charge >= 0.3 is 24.4 Å². The molecule has 0 aromatic heterocycles. The van der Waals surface area contributed by atoms with Crippen molar-refractivity contribution in [1.29, 1.82) is 0 Å². The molecule has 0 saturated carbocycles. The van der Waals surface area contributed by atoms with E-state index < -0.39 is 18.0 Å². The summed E-state index contributed by atoms with van der Waals surface area (Å²) >= 11 is 0. The summed E-state index contributed by atoms with van der Waals surface area (Å²) in [6.45, 7) is 0. The van der Waals surface area contributed by atoms with Crippen LogP contribution in [-0.2, 0) is 19.6 Å². The lowest BCUT2D eigenvalue weighted by molar-refractivity contribution is 0.368. The van der Waals surface area contributed by atoms with Gasteiger partial charge in [0.15, 0.2) is 0 Å². The minimum Gasteiger partial charge on any atom is -0.312 e. The van der Waals surface area contributed by atoms with E-state index in [1.165, 1.54) is 0 Å². The van der Waals surface area contributed by atoms with Crippen LogP contribution in [0.5, 0.6) is 0 Å². The van der Waals surface area contributed by atoms with Crippen molar-refractivity contribution in [2.75, 3.05) is 0 Å². The molecule has 0 aliphatic carbocycles. The summed E-state index contributed by atoms with van der Waals surface area (Å²) in [6.07, 6.45) is 0.737. The Hall–Kier alpha value is -0.470. The summed E-state index contributed by atoms with van der Waals surface area (Å²) in [6, 6.07) is 0. The molecule has 0 spiro atoms. The summed E-state index contributed by atoms with van der Waals surface area (Å²) < 4.78 is 32.4. The molecule has 1 amide bonds. The van der Waals surface area contributed by atoms with Gasteiger partial charge in [-0.3, -0.25) is 4.79 Å². The Labute approximate surface area is 62.0 Å². The highest BCUT2D eigenvalue weighted by molar-refractivity contribution is 7.93. The predicted molar refractivity (Wildman–Crippen MR) is 32.9 cm³/mol. The van der Waals surface area contributed by atoms with Crippen LogP contribution in [0.15, 0.2) is 0 Å². The van der Waals surface area contributed by atoms with Crippen molar-refractivity contribution in [2.45, 2.75) is 0 Å². The summed E-state index contributed by atoms with van der Waals surface area (Å²) in [4.78, 5) is 25.5. The first kappa shape index (κ1) is 10.5. The molecule has 65 valence electrons. The molecule has 0 rings (SSSR count). The van der Waals surface area contributed by atoms with Crippen LogP contribution in [0.25, 0.3) is 0 Å². The van der Waals surface area contributed by atoms with Crippen molar-refractivity contribution in [3.05, 3.63) is 0 Å². The lowest BCUT2D eigenvalue weighted by atomic mass is 11.5. The van der Waals surface area contributed by atoms with Gasteiger partial charge in [0.25, 0.3) is 0 Å². The number of carbonyl (C=O) groups excluding carboxylic acids is 1. The van der Waals surface area contributed by atoms with Crippen LogP contribution in [0.3, 0.4) is 0 Å². The lowest BCUT2D eigenvalue weighted by Gasteiger charge is -2.03. The molecule has 0 unspecified atom stereocenters. The van der Waals surface area contributed by atoms with Gasteiger partial charge in [-0.15, -0.1) is 0 Å². The molecule has 0 atom stereocenters. The van der Waals surface area contributed by atoms with E-state index in [1.54, 1.807) is 0 Å². The zero-order valence-electron chi connectivity index (χ0n) is 4.88. The molecule has 10 heteroatoms. The molecule has 11 heavy (non-hydrogen) atoms. The van der Waals surface area contributed by atoms with Gasteiger partial charge < -0.3 is 9.79 Å². The van der Waals surface area contributed by atoms with Gasteiger partial charge in [0.1, 0.15) is 0 Å². The molecule has 0 bridgehead atoms. The van der Waals surface area contributed by atoms with Gasteiger partial charge in [0, 0.05) is 0 Å². The van der Waals surface area contributed by atoms with Crippen molar-refractivity contribution >= 4 is 24.4 Å². The van der Waals surface area contributed by atoms with Crippen LogP contribution < -0.4 is 9.21 Å². The summed E-state index contributed by atoms with van der Waals surface area (Å²) in [5, 5.41) is 0. The molecular formula is CH4N2O6PS. The summed E-state index contributed by atoms with van der Waals surface area (Å²) in [7, 11) is -9.37. The normalized spacial score (nSPS) is 12.5. The number of rotatable bonds is 4. The maximum absolute atomic E-state index is 10.3. The summed E-state index contributed by atoms with van der Waals surface area (Å²) in [5.74, 6) is 0. The lowest BCUT2D eigenvalue weighted by Crippen LogP contribution is -2.33. The largest absolute Gasteiger partial charge is 0.415 e. The third-order valence-electron chi connectivity index (χ3n) is 0.415. The first-order valence-electron chi connectivity index (χ1n) is 2.00. The predicted octanol–water partition coefficient (Wildman–Crippen LogP) is -2.43. The smallest absolute Gasteiger partial charge is 0.312 e. The van der Waals surface area contributed by atoms with E-state index in [4.69, 9.17) is 9.79 Å². The molecule has 4 N–H and O–H groups in total. The SMILES string of the molecule is O=[C]NS(=O)(=O)NP(=O)(O)O. The van der Waals surface area contributed by atoms with E-state index in [0.717, 1.165) is 15.6 Å². The van der Waals surface area contributed by atoms with Gasteiger partial charge in [-0.1, -0.05) is 4.49 Å². The molecule has 0 aliphatic rings. The first-order valence-corrected chi connectivity index (χ1v) is 5.10. The maximum Gasteiger partial charge on any atom is 0.415 e. The third-order valence-corrected chi connectivity index (χ3v) is 2.68. The number of amides is 1. The second-order valence-corrected chi connectivity index (χ2v) is 4.37. The zero-order valence-corrected chi connectivity index (χ0v) is 6.59. The second kappa shape index (κ2) is 3.28. The molecule has 0 saturated heterocycles. The van der Waals surface area contributed by atoms with Crippen molar-refractivity contribution in [2.24, 2.45) is 0 Å². The van der Waals surface area contributed by atoms with E-state index >= 15 is 0 Å². The Morgan fingerprint density at radius 1 is 1.36 bits per heavy atom. The van der Waals surface area contributed by atoms with Crippen LogP contribution in [0.1, 0.15) is 0 Å². The molecular weight excluding hydrogens is 199 g/mol. The molecule has 0 aromatic rings. The minimum absolute atomic E-state index is 0.737. The average molecular weight is 203 g/mol. The van der Waals surface area contributed by atoms with Gasteiger partial charge in [-0.25, -0.2) is 9.29 Å². The minimum atomic E-state index is -4.90. The number of hydrogen-bond acceptors (Lipinski definition) is 4.